The number of hydrogen-bond donors (Lipinski definition) is 0. The molecule has 2 fully saturated rings. The normalized spacial score (nSPS) is 21.6. The summed E-state index contributed by atoms with van der Waals surface area (Å²) in [7, 11) is 0. The lowest BCUT2D eigenvalue weighted by atomic mass is 9.84. The zero-order valence-corrected chi connectivity index (χ0v) is 14.7. The fraction of sp³-hybridized carbons (Fsp3) is 0.550. The van der Waals surface area contributed by atoms with Crippen molar-refractivity contribution >= 4 is 5.91 Å². The number of fused-ring (bicyclic) bond motifs is 1. The van der Waals surface area contributed by atoms with E-state index in [-0.39, 0.29) is 11.8 Å². The highest BCUT2D eigenvalue weighted by atomic mass is 16.2. The summed E-state index contributed by atoms with van der Waals surface area (Å²) in [5, 5.41) is 4.11. The zero-order chi connectivity index (χ0) is 16.6. The van der Waals surface area contributed by atoms with Crippen molar-refractivity contribution in [2.24, 2.45) is 0 Å². The largest absolute Gasteiger partial charge is 0.287 e. The fourth-order valence-electron chi connectivity index (χ4n) is 4.11. The van der Waals surface area contributed by atoms with Crippen LogP contribution in [0.3, 0.4) is 0 Å². The monoisotopic (exact) mass is 312 g/mol. The van der Waals surface area contributed by atoms with Crippen LogP contribution in [0.2, 0.25) is 0 Å². The number of amides is 1. The molecule has 1 aromatic carbocycles. The Kier molecular flexibility index (Phi) is 4.47. The van der Waals surface area contributed by atoms with Gasteiger partial charge in [0, 0.05) is 18.8 Å². The molecule has 1 amide bonds. The quantitative estimate of drug-likeness (QED) is 0.843. The van der Waals surface area contributed by atoms with Gasteiger partial charge >= 0.3 is 0 Å². The molecule has 124 valence electrons. The van der Waals surface area contributed by atoms with Gasteiger partial charge in [-0.1, -0.05) is 38.1 Å². The summed E-state index contributed by atoms with van der Waals surface area (Å²) in [6, 6.07) is 4.49. The van der Waals surface area contributed by atoms with E-state index in [2.05, 4.69) is 44.5 Å². The molecule has 0 saturated carbocycles. The number of carbonyl (C=O) groups excluding carboxylic acids is 1. The molecule has 0 N–H and O–H groups in total. The molecule has 2 heterocycles. The summed E-state index contributed by atoms with van der Waals surface area (Å²) in [5.74, 6) is 0.0451. The second-order valence-electron chi connectivity index (χ2n) is 6.77. The average Bonchev–Trinajstić information content (AvgIpc) is 2.74. The van der Waals surface area contributed by atoms with E-state index >= 15 is 0 Å². The van der Waals surface area contributed by atoms with Crippen LogP contribution in [0.5, 0.6) is 0 Å². The lowest BCUT2D eigenvalue weighted by Crippen LogP contribution is -2.38. The highest BCUT2D eigenvalue weighted by Gasteiger charge is 2.43. The van der Waals surface area contributed by atoms with Crippen LogP contribution >= 0.6 is 0 Å². The first-order valence-electron chi connectivity index (χ1n) is 8.98. The second-order valence-corrected chi connectivity index (χ2v) is 6.77. The highest BCUT2D eigenvalue weighted by Crippen LogP contribution is 2.41. The van der Waals surface area contributed by atoms with E-state index in [0.717, 1.165) is 44.5 Å². The van der Waals surface area contributed by atoms with Crippen LogP contribution in [0.15, 0.2) is 24.4 Å². The van der Waals surface area contributed by atoms with Crippen LogP contribution in [0, 0.1) is 6.92 Å². The summed E-state index contributed by atoms with van der Waals surface area (Å²) in [6.07, 6.45) is 5.35. The first kappa shape index (κ1) is 16.1. The maximum absolute atomic E-state index is 13.1. The number of aryl methyl sites for hydroxylation is 3. The molecule has 23 heavy (non-hydrogen) atoms. The fourth-order valence-corrected chi connectivity index (χ4v) is 4.11. The van der Waals surface area contributed by atoms with Crippen molar-refractivity contribution in [3.63, 3.8) is 0 Å². The van der Waals surface area contributed by atoms with E-state index in [9.17, 15) is 4.79 Å². The molecule has 1 atom stereocenters. The highest BCUT2D eigenvalue weighted by molar-refractivity contribution is 5.90. The third-order valence-electron chi connectivity index (χ3n) is 5.24. The van der Waals surface area contributed by atoms with Gasteiger partial charge in [0.1, 0.15) is 5.92 Å². The van der Waals surface area contributed by atoms with Gasteiger partial charge in [0.05, 0.1) is 0 Å². The maximum atomic E-state index is 13.1. The second kappa shape index (κ2) is 6.38. The van der Waals surface area contributed by atoms with E-state index in [0.29, 0.717) is 0 Å². The van der Waals surface area contributed by atoms with Crippen LogP contribution in [0.4, 0.5) is 0 Å². The van der Waals surface area contributed by atoms with E-state index in [1.165, 1.54) is 28.7 Å². The molecule has 0 spiro atoms. The van der Waals surface area contributed by atoms with Crippen molar-refractivity contribution in [2.75, 3.05) is 13.1 Å². The van der Waals surface area contributed by atoms with Gasteiger partial charge in [-0.15, -0.1) is 0 Å². The summed E-state index contributed by atoms with van der Waals surface area (Å²) < 4.78 is 0. The van der Waals surface area contributed by atoms with Gasteiger partial charge in [0.15, 0.2) is 0 Å². The van der Waals surface area contributed by atoms with Crippen LogP contribution in [-0.4, -0.2) is 29.0 Å². The van der Waals surface area contributed by atoms with Crippen LogP contribution in [0.1, 0.15) is 61.3 Å². The van der Waals surface area contributed by atoms with Gasteiger partial charge in [-0.3, -0.25) is 14.8 Å². The lowest BCUT2D eigenvalue weighted by Gasteiger charge is -2.27. The van der Waals surface area contributed by atoms with Gasteiger partial charge in [-0.05, 0) is 55.7 Å². The first-order valence-corrected chi connectivity index (χ1v) is 8.98. The number of carbonyl (C=O) groups is 1. The third kappa shape index (κ3) is 2.66. The van der Waals surface area contributed by atoms with E-state index < -0.39 is 0 Å². The first-order chi connectivity index (χ1) is 11.1. The Morgan fingerprint density at radius 3 is 2.17 bits per heavy atom. The topological polar surface area (TPSA) is 23.6 Å². The molecule has 3 rings (SSSR count). The minimum absolute atomic E-state index is 0.182. The zero-order valence-electron chi connectivity index (χ0n) is 14.7. The van der Waals surface area contributed by atoms with Crippen molar-refractivity contribution in [3.8, 4) is 0 Å². The van der Waals surface area contributed by atoms with Crippen molar-refractivity contribution in [3.05, 3.63) is 46.7 Å². The molecule has 0 radical (unpaired) electrons. The lowest BCUT2D eigenvalue weighted by molar-refractivity contribution is -0.137. The smallest absolute Gasteiger partial charge is 0.254 e. The molecule has 1 aromatic rings. The predicted molar refractivity (Wildman–Crippen MR) is 94.1 cm³/mol. The predicted octanol–water partition coefficient (Wildman–Crippen LogP) is 3.96. The van der Waals surface area contributed by atoms with Crippen molar-refractivity contribution in [2.45, 2.75) is 58.8 Å². The van der Waals surface area contributed by atoms with Gasteiger partial charge in [0.2, 0.25) is 0 Å². The minimum Gasteiger partial charge on any atom is -0.287 e. The van der Waals surface area contributed by atoms with E-state index in [1.54, 1.807) is 0 Å². The van der Waals surface area contributed by atoms with Crippen molar-refractivity contribution < 1.29 is 4.79 Å². The minimum atomic E-state index is -0.182. The van der Waals surface area contributed by atoms with Crippen LogP contribution in [0.25, 0.3) is 0 Å². The molecule has 0 bridgehead atoms. The number of benzene rings is 1. The molecule has 2 aliphatic rings. The Morgan fingerprint density at radius 1 is 1.04 bits per heavy atom. The molecule has 0 aromatic heterocycles. The maximum Gasteiger partial charge on any atom is 0.254 e. The third-order valence-corrected chi connectivity index (χ3v) is 5.24. The molecule has 3 nitrogen and oxygen atoms in total. The van der Waals surface area contributed by atoms with E-state index in [4.69, 9.17) is 0 Å². The summed E-state index contributed by atoms with van der Waals surface area (Å²) in [6.45, 7) is 12.6. The number of nitrogens with zero attached hydrogens (tertiary/aromatic N) is 2. The average molecular weight is 312 g/mol. The SMILES string of the molecule is C=C1C(c2c(CC)cc(C)cc2CC)C(=O)N2CCCCCN12. The number of hydrogen-bond acceptors (Lipinski definition) is 2. The molecular weight excluding hydrogens is 284 g/mol. The van der Waals surface area contributed by atoms with Crippen molar-refractivity contribution in [1.82, 2.24) is 10.0 Å². The van der Waals surface area contributed by atoms with Gasteiger partial charge in [0.25, 0.3) is 5.91 Å². The molecule has 1 unspecified atom stereocenters. The van der Waals surface area contributed by atoms with Crippen molar-refractivity contribution in [1.29, 1.82) is 0 Å². The Hall–Kier alpha value is -1.77. The summed E-state index contributed by atoms with van der Waals surface area (Å²) >= 11 is 0. The molecule has 0 aliphatic carbocycles. The number of rotatable bonds is 3. The molecule has 3 heteroatoms. The molecule has 2 aliphatic heterocycles. The number of hydrazine groups is 1. The Labute approximate surface area is 139 Å². The van der Waals surface area contributed by atoms with Gasteiger partial charge in [-0.25, -0.2) is 0 Å². The molecule has 2 saturated heterocycles. The molecular formula is C20H28N2O. The Bertz CT molecular complexity index is 586. The van der Waals surface area contributed by atoms with Crippen LogP contribution < -0.4 is 0 Å². The van der Waals surface area contributed by atoms with E-state index in [1.807, 2.05) is 5.01 Å². The standard InChI is InChI=1S/C20H28N2O/c1-5-16-12-14(3)13-17(6-2)19(16)18-15(4)21-10-8-7-9-11-22(21)20(18)23/h12-13,18H,4-11H2,1-3H3. The Morgan fingerprint density at radius 2 is 1.61 bits per heavy atom. The summed E-state index contributed by atoms with van der Waals surface area (Å²) in [5.41, 5.74) is 6.10. The van der Waals surface area contributed by atoms with Gasteiger partial charge < -0.3 is 0 Å². The van der Waals surface area contributed by atoms with Gasteiger partial charge in [-0.2, -0.15) is 0 Å². The van der Waals surface area contributed by atoms with Crippen LogP contribution in [-0.2, 0) is 17.6 Å². The Balaban J connectivity index is 2.08. The summed E-state index contributed by atoms with van der Waals surface area (Å²) in [4.78, 5) is 13.1.